The normalized spacial score (nSPS) is 12.7. The molecule has 0 saturated carbocycles. The molecule has 0 spiro atoms. The van der Waals surface area contributed by atoms with Crippen molar-refractivity contribution in [1.82, 2.24) is 5.32 Å². The van der Waals surface area contributed by atoms with Crippen LogP contribution in [0, 0.1) is 0 Å². The molecule has 0 saturated heterocycles. The molecule has 1 rings (SSSR count). The maximum absolute atomic E-state index is 5.07. The second-order valence-corrected chi connectivity index (χ2v) is 4.87. The van der Waals surface area contributed by atoms with Crippen LogP contribution in [-0.2, 0) is 11.2 Å². The molecular weight excluding hydrogens is 266 g/mol. The van der Waals surface area contributed by atoms with E-state index < -0.39 is 0 Å². The molecule has 0 heterocycles. The highest BCUT2D eigenvalue weighted by atomic mass is 79.9. The SMILES string of the molecule is CNC(CCCOC)Cc1cccc(Br)c1. The topological polar surface area (TPSA) is 21.3 Å². The number of hydrogen-bond acceptors (Lipinski definition) is 2. The quantitative estimate of drug-likeness (QED) is 0.778. The van der Waals surface area contributed by atoms with Crippen molar-refractivity contribution >= 4 is 15.9 Å². The summed E-state index contributed by atoms with van der Waals surface area (Å²) in [4.78, 5) is 0. The van der Waals surface area contributed by atoms with E-state index in [1.807, 2.05) is 7.05 Å². The molecule has 0 bridgehead atoms. The van der Waals surface area contributed by atoms with Crippen molar-refractivity contribution in [3.05, 3.63) is 34.3 Å². The van der Waals surface area contributed by atoms with Gasteiger partial charge in [0.05, 0.1) is 0 Å². The van der Waals surface area contributed by atoms with Crippen LogP contribution in [0.25, 0.3) is 0 Å². The van der Waals surface area contributed by atoms with Crippen molar-refractivity contribution in [2.24, 2.45) is 0 Å². The lowest BCUT2D eigenvalue weighted by atomic mass is 10.0. The Labute approximate surface area is 107 Å². The van der Waals surface area contributed by atoms with E-state index >= 15 is 0 Å². The first-order chi connectivity index (χ1) is 7.76. The Morgan fingerprint density at radius 1 is 1.44 bits per heavy atom. The van der Waals surface area contributed by atoms with Gasteiger partial charge in [-0.05, 0) is 44.0 Å². The largest absolute Gasteiger partial charge is 0.385 e. The maximum atomic E-state index is 5.07. The molecular formula is C13H20BrNO. The van der Waals surface area contributed by atoms with Crippen molar-refractivity contribution < 1.29 is 4.74 Å². The standard InChI is InChI=1S/C13H20BrNO/c1-15-13(7-4-8-16-2)10-11-5-3-6-12(14)9-11/h3,5-6,9,13,15H,4,7-8,10H2,1-2H3. The fourth-order valence-electron chi connectivity index (χ4n) is 1.77. The van der Waals surface area contributed by atoms with E-state index in [-0.39, 0.29) is 0 Å². The van der Waals surface area contributed by atoms with Crippen LogP contribution in [0.15, 0.2) is 28.7 Å². The van der Waals surface area contributed by atoms with Crippen LogP contribution in [0.5, 0.6) is 0 Å². The lowest BCUT2D eigenvalue weighted by molar-refractivity contribution is 0.189. The van der Waals surface area contributed by atoms with Gasteiger partial charge in [0.1, 0.15) is 0 Å². The molecule has 16 heavy (non-hydrogen) atoms. The molecule has 1 atom stereocenters. The fourth-order valence-corrected chi connectivity index (χ4v) is 2.22. The predicted molar refractivity (Wildman–Crippen MR) is 71.8 cm³/mol. The van der Waals surface area contributed by atoms with Gasteiger partial charge in [-0.1, -0.05) is 28.1 Å². The van der Waals surface area contributed by atoms with Gasteiger partial charge in [0.15, 0.2) is 0 Å². The van der Waals surface area contributed by atoms with E-state index in [0.29, 0.717) is 6.04 Å². The first-order valence-electron chi connectivity index (χ1n) is 5.67. The zero-order valence-corrected chi connectivity index (χ0v) is 11.6. The Morgan fingerprint density at radius 2 is 2.25 bits per heavy atom. The van der Waals surface area contributed by atoms with Gasteiger partial charge in [-0.2, -0.15) is 0 Å². The first-order valence-corrected chi connectivity index (χ1v) is 6.46. The number of nitrogens with one attached hydrogen (secondary N) is 1. The Balaban J connectivity index is 2.43. The van der Waals surface area contributed by atoms with E-state index in [0.717, 1.165) is 30.3 Å². The number of methoxy groups -OCH3 is 1. The molecule has 1 aromatic carbocycles. The van der Waals surface area contributed by atoms with Crippen molar-refractivity contribution in [1.29, 1.82) is 0 Å². The van der Waals surface area contributed by atoms with Gasteiger partial charge in [0, 0.05) is 24.2 Å². The summed E-state index contributed by atoms with van der Waals surface area (Å²) in [5, 5.41) is 3.36. The molecule has 90 valence electrons. The average molecular weight is 286 g/mol. The summed E-state index contributed by atoms with van der Waals surface area (Å²) < 4.78 is 6.22. The van der Waals surface area contributed by atoms with Crippen LogP contribution in [0.3, 0.4) is 0 Å². The number of ether oxygens (including phenoxy) is 1. The van der Waals surface area contributed by atoms with Gasteiger partial charge < -0.3 is 10.1 Å². The lowest BCUT2D eigenvalue weighted by Gasteiger charge is -2.16. The summed E-state index contributed by atoms with van der Waals surface area (Å²) in [6, 6.07) is 9.03. The van der Waals surface area contributed by atoms with Crippen molar-refractivity contribution in [2.75, 3.05) is 20.8 Å². The summed E-state index contributed by atoms with van der Waals surface area (Å²) in [6.45, 7) is 0.844. The summed E-state index contributed by atoms with van der Waals surface area (Å²) in [7, 11) is 3.78. The van der Waals surface area contributed by atoms with Crippen LogP contribution in [0.1, 0.15) is 18.4 Å². The molecule has 0 radical (unpaired) electrons. The van der Waals surface area contributed by atoms with Gasteiger partial charge in [-0.15, -0.1) is 0 Å². The third kappa shape index (κ3) is 5.10. The second kappa shape index (κ2) is 7.82. The molecule has 0 aliphatic carbocycles. The minimum absolute atomic E-state index is 0.532. The monoisotopic (exact) mass is 285 g/mol. The molecule has 0 amide bonds. The molecule has 2 nitrogen and oxygen atoms in total. The zero-order valence-electron chi connectivity index (χ0n) is 10.0. The van der Waals surface area contributed by atoms with E-state index in [9.17, 15) is 0 Å². The average Bonchev–Trinajstić information content (AvgIpc) is 2.28. The highest BCUT2D eigenvalue weighted by molar-refractivity contribution is 9.10. The molecule has 1 unspecified atom stereocenters. The number of benzene rings is 1. The van der Waals surface area contributed by atoms with Gasteiger partial charge in [-0.25, -0.2) is 0 Å². The highest BCUT2D eigenvalue weighted by Crippen LogP contribution is 2.14. The Kier molecular flexibility index (Phi) is 6.69. The molecule has 0 aliphatic rings. The van der Waals surface area contributed by atoms with Crippen LogP contribution >= 0.6 is 15.9 Å². The second-order valence-electron chi connectivity index (χ2n) is 3.95. The first kappa shape index (κ1) is 13.7. The predicted octanol–water partition coefficient (Wildman–Crippen LogP) is 3.01. The van der Waals surface area contributed by atoms with E-state index in [1.54, 1.807) is 7.11 Å². The Morgan fingerprint density at radius 3 is 2.88 bits per heavy atom. The smallest absolute Gasteiger partial charge is 0.0462 e. The summed E-state index contributed by atoms with van der Waals surface area (Å²) in [5.74, 6) is 0. The molecule has 3 heteroatoms. The van der Waals surface area contributed by atoms with Crippen LogP contribution < -0.4 is 5.32 Å². The minimum atomic E-state index is 0.532. The van der Waals surface area contributed by atoms with Gasteiger partial charge in [0.2, 0.25) is 0 Å². The van der Waals surface area contributed by atoms with Gasteiger partial charge >= 0.3 is 0 Å². The van der Waals surface area contributed by atoms with Crippen molar-refractivity contribution in [3.8, 4) is 0 Å². The fraction of sp³-hybridized carbons (Fsp3) is 0.538. The van der Waals surface area contributed by atoms with Crippen LogP contribution in [-0.4, -0.2) is 26.8 Å². The Bertz CT molecular complexity index is 304. The third-order valence-corrected chi connectivity index (χ3v) is 3.17. The van der Waals surface area contributed by atoms with Crippen molar-refractivity contribution in [2.45, 2.75) is 25.3 Å². The molecule has 1 N–H and O–H groups in total. The van der Waals surface area contributed by atoms with Gasteiger partial charge in [-0.3, -0.25) is 0 Å². The number of hydrogen-bond donors (Lipinski definition) is 1. The summed E-state index contributed by atoms with van der Waals surface area (Å²) in [5.41, 5.74) is 1.37. The summed E-state index contributed by atoms with van der Waals surface area (Å²) >= 11 is 3.50. The van der Waals surface area contributed by atoms with Crippen molar-refractivity contribution in [3.63, 3.8) is 0 Å². The molecule has 1 aromatic rings. The van der Waals surface area contributed by atoms with E-state index in [2.05, 4.69) is 45.5 Å². The number of halogens is 1. The maximum Gasteiger partial charge on any atom is 0.0462 e. The lowest BCUT2D eigenvalue weighted by Crippen LogP contribution is -2.27. The zero-order chi connectivity index (χ0) is 11.8. The van der Waals surface area contributed by atoms with E-state index in [4.69, 9.17) is 4.74 Å². The molecule has 0 aromatic heterocycles. The minimum Gasteiger partial charge on any atom is -0.385 e. The number of likely N-dealkylation sites (N-methyl/N-ethyl adjacent to an activating group) is 1. The highest BCUT2D eigenvalue weighted by Gasteiger charge is 2.06. The van der Waals surface area contributed by atoms with E-state index in [1.165, 1.54) is 5.56 Å². The molecule has 0 fully saturated rings. The molecule has 0 aliphatic heterocycles. The number of rotatable bonds is 7. The third-order valence-electron chi connectivity index (χ3n) is 2.68. The summed E-state index contributed by atoms with van der Waals surface area (Å²) in [6.07, 6.45) is 3.33. The van der Waals surface area contributed by atoms with Crippen LogP contribution in [0.2, 0.25) is 0 Å². The van der Waals surface area contributed by atoms with Crippen LogP contribution in [0.4, 0.5) is 0 Å². The Hall–Kier alpha value is -0.380. The van der Waals surface area contributed by atoms with Gasteiger partial charge in [0.25, 0.3) is 0 Å².